The van der Waals surface area contributed by atoms with E-state index in [1.54, 1.807) is 29.1 Å². The number of ether oxygens (including phenoxy) is 1. The van der Waals surface area contributed by atoms with Gasteiger partial charge in [0.2, 0.25) is 0 Å². The number of hydrogen-bond acceptors (Lipinski definition) is 6. The highest BCUT2D eigenvalue weighted by Crippen LogP contribution is 2.36. The smallest absolute Gasteiger partial charge is 0.258 e. The van der Waals surface area contributed by atoms with E-state index in [4.69, 9.17) is 27.1 Å². The van der Waals surface area contributed by atoms with Crippen LogP contribution in [0.4, 0.5) is 10.2 Å². The second kappa shape index (κ2) is 8.48. The van der Waals surface area contributed by atoms with Gasteiger partial charge in [-0.1, -0.05) is 29.8 Å². The SMILES string of the molecule is Cn1ccc(-c2nc(N)c(OCc3ccc(F)cc3)nc2-c2cc(Cl)c3ncccc3c2)n1. The molecule has 3 heterocycles. The van der Waals surface area contributed by atoms with Crippen molar-refractivity contribution in [2.45, 2.75) is 6.61 Å². The molecule has 33 heavy (non-hydrogen) atoms. The lowest BCUT2D eigenvalue weighted by Crippen LogP contribution is -2.06. The minimum atomic E-state index is -0.317. The summed E-state index contributed by atoms with van der Waals surface area (Å²) in [6, 6.07) is 15.3. The van der Waals surface area contributed by atoms with Gasteiger partial charge >= 0.3 is 0 Å². The highest BCUT2D eigenvalue weighted by molar-refractivity contribution is 6.35. The molecule has 7 nitrogen and oxygen atoms in total. The van der Waals surface area contributed by atoms with Gasteiger partial charge in [-0.15, -0.1) is 0 Å². The van der Waals surface area contributed by atoms with Crippen molar-refractivity contribution in [1.29, 1.82) is 0 Å². The Bertz CT molecular complexity index is 1470. The molecule has 0 bridgehead atoms. The van der Waals surface area contributed by atoms with Crippen LogP contribution in [0.3, 0.4) is 0 Å². The van der Waals surface area contributed by atoms with Crippen LogP contribution in [0, 0.1) is 5.82 Å². The lowest BCUT2D eigenvalue weighted by molar-refractivity contribution is 0.295. The standard InChI is InChI=1S/C24H18ClFN6O/c1-32-10-8-19(31-32)22-21(16-11-15-3-2-9-28-20(15)18(25)12-16)30-24(23(27)29-22)33-13-14-4-6-17(26)7-5-14/h2-12H,13H2,1H3,(H2,27,29). The third-order valence-electron chi connectivity index (χ3n) is 5.07. The highest BCUT2D eigenvalue weighted by Gasteiger charge is 2.19. The summed E-state index contributed by atoms with van der Waals surface area (Å²) in [5.41, 5.74) is 10.0. The number of rotatable bonds is 5. The number of nitrogen functional groups attached to an aromatic ring is 1. The zero-order valence-electron chi connectivity index (χ0n) is 17.5. The second-order valence-corrected chi connectivity index (χ2v) is 7.84. The van der Waals surface area contributed by atoms with Crippen LogP contribution in [0.15, 0.2) is 67.0 Å². The van der Waals surface area contributed by atoms with Gasteiger partial charge in [-0.3, -0.25) is 9.67 Å². The number of halogens is 2. The van der Waals surface area contributed by atoms with Gasteiger partial charge in [0, 0.05) is 30.4 Å². The van der Waals surface area contributed by atoms with E-state index >= 15 is 0 Å². The van der Waals surface area contributed by atoms with E-state index in [0.717, 1.165) is 16.5 Å². The summed E-state index contributed by atoms with van der Waals surface area (Å²) >= 11 is 6.52. The Morgan fingerprint density at radius 2 is 1.88 bits per heavy atom. The molecule has 0 amide bonds. The molecule has 0 saturated heterocycles. The fourth-order valence-corrected chi connectivity index (χ4v) is 3.75. The monoisotopic (exact) mass is 460 g/mol. The van der Waals surface area contributed by atoms with Gasteiger partial charge in [-0.05, 0) is 42.0 Å². The molecule has 0 aliphatic heterocycles. The summed E-state index contributed by atoms with van der Waals surface area (Å²) in [7, 11) is 1.82. The summed E-state index contributed by atoms with van der Waals surface area (Å²) in [5, 5.41) is 5.81. The first kappa shape index (κ1) is 20.8. The van der Waals surface area contributed by atoms with Crippen LogP contribution in [0.5, 0.6) is 5.88 Å². The van der Waals surface area contributed by atoms with E-state index in [1.807, 2.05) is 37.5 Å². The number of pyridine rings is 1. The van der Waals surface area contributed by atoms with Crippen LogP contribution in [0.2, 0.25) is 5.02 Å². The molecule has 0 spiro atoms. The molecule has 3 aromatic heterocycles. The number of fused-ring (bicyclic) bond motifs is 1. The van der Waals surface area contributed by atoms with Gasteiger partial charge < -0.3 is 10.5 Å². The van der Waals surface area contributed by atoms with Gasteiger partial charge in [0.05, 0.1) is 10.5 Å². The lowest BCUT2D eigenvalue weighted by Gasteiger charge is -2.13. The molecule has 2 aromatic carbocycles. The zero-order chi connectivity index (χ0) is 22.9. The average Bonchev–Trinajstić information content (AvgIpc) is 3.25. The van der Waals surface area contributed by atoms with E-state index in [1.165, 1.54) is 12.1 Å². The van der Waals surface area contributed by atoms with Gasteiger partial charge in [-0.25, -0.2) is 14.4 Å². The van der Waals surface area contributed by atoms with E-state index in [9.17, 15) is 4.39 Å². The number of hydrogen-bond donors (Lipinski definition) is 1. The zero-order valence-corrected chi connectivity index (χ0v) is 18.3. The van der Waals surface area contributed by atoms with Crippen LogP contribution in [-0.4, -0.2) is 24.7 Å². The predicted molar refractivity (Wildman–Crippen MR) is 125 cm³/mol. The van der Waals surface area contributed by atoms with E-state index in [2.05, 4.69) is 15.1 Å². The topological polar surface area (TPSA) is 91.7 Å². The average molecular weight is 461 g/mol. The lowest BCUT2D eigenvalue weighted by atomic mass is 10.0. The third-order valence-corrected chi connectivity index (χ3v) is 5.35. The number of anilines is 1. The minimum Gasteiger partial charge on any atom is -0.470 e. The Kier molecular flexibility index (Phi) is 5.35. The fourth-order valence-electron chi connectivity index (χ4n) is 3.48. The van der Waals surface area contributed by atoms with Gasteiger partial charge in [-0.2, -0.15) is 5.10 Å². The maximum Gasteiger partial charge on any atom is 0.258 e. The van der Waals surface area contributed by atoms with Crippen molar-refractivity contribution >= 4 is 28.3 Å². The Labute approximate surface area is 193 Å². The fraction of sp³-hybridized carbons (Fsp3) is 0.0833. The number of nitrogens with two attached hydrogens (primary N) is 1. The molecule has 0 saturated carbocycles. The summed E-state index contributed by atoms with van der Waals surface area (Å²) < 4.78 is 20.7. The van der Waals surface area contributed by atoms with Crippen LogP contribution >= 0.6 is 11.6 Å². The van der Waals surface area contributed by atoms with Crippen LogP contribution in [0.1, 0.15) is 5.56 Å². The molecule has 164 valence electrons. The normalized spacial score (nSPS) is 11.1. The predicted octanol–water partition coefficient (Wildman–Crippen LogP) is 5.05. The summed E-state index contributed by atoms with van der Waals surface area (Å²) in [6.45, 7) is 0.157. The highest BCUT2D eigenvalue weighted by atomic mass is 35.5. The Morgan fingerprint density at radius 3 is 2.64 bits per heavy atom. The van der Waals surface area contributed by atoms with Crippen molar-refractivity contribution in [2.24, 2.45) is 7.05 Å². The number of nitrogens with zero attached hydrogens (tertiary/aromatic N) is 5. The first-order valence-electron chi connectivity index (χ1n) is 10.1. The number of aryl methyl sites for hydroxylation is 1. The van der Waals surface area contributed by atoms with E-state index in [-0.39, 0.29) is 24.1 Å². The molecule has 0 unspecified atom stereocenters. The summed E-state index contributed by atoms with van der Waals surface area (Å²) in [6.07, 6.45) is 3.50. The van der Waals surface area contributed by atoms with Crippen LogP contribution in [0.25, 0.3) is 33.5 Å². The van der Waals surface area contributed by atoms with Crippen molar-refractivity contribution in [3.63, 3.8) is 0 Å². The van der Waals surface area contributed by atoms with Crippen molar-refractivity contribution in [3.05, 3.63) is 83.4 Å². The van der Waals surface area contributed by atoms with Crippen molar-refractivity contribution < 1.29 is 9.13 Å². The second-order valence-electron chi connectivity index (χ2n) is 7.43. The summed E-state index contributed by atoms with van der Waals surface area (Å²) in [4.78, 5) is 13.6. The molecule has 5 rings (SSSR count). The van der Waals surface area contributed by atoms with E-state index in [0.29, 0.717) is 27.6 Å². The quantitative estimate of drug-likeness (QED) is 0.395. The third kappa shape index (κ3) is 4.20. The molecule has 0 atom stereocenters. The van der Waals surface area contributed by atoms with Gasteiger partial charge in [0.1, 0.15) is 29.5 Å². The minimum absolute atomic E-state index is 0.120. The van der Waals surface area contributed by atoms with Crippen molar-refractivity contribution in [2.75, 3.05) is 5.73 Å². The molecule has 5 aromatic rings. The van der Waals surface area contributed by atoms with Gasteiger partial charge in [0.25, 0.3) is 5.88 Å². The first-order valence-corrected chi connectivity index (χ1v) is 10.4. The number of aromatic nitrogens is 5. The van der Waals surface area contributed by atoms with Gasteiger partial charge in [0.15, 0.2) is 5.82 Å². The molecular weight excluding hydrogens is 443 g/mol. The molecular formula is C24H18ClFN6O. The Morgan fingerprint density at radius 1 is 1.06 bits per heavy atom. The summed E-state index contributed by atoms with van der Waals surface area (Å²) in [5.74, 6) is -0.0331. The van der Waals surface area contributed by atoms with E-state index < -0.39 is 0 Å². The molecule has 0 radical (unpaired) electrons. The number of benzene rings is 2. The Hall–Kier alpha value is -4.04. The maximum atomic E-state index is 13.2. The molecule has 0 aliphatic rings. The van der Waals surface area contributed by atoms with Crippen LogP contribution in [-0.2, 0) is 13.7 Å². The largest absolute Gasteiger partial charge is 0.470 e. The Balaban J connectivity index is 1.62. The molecule has 2 N–H and O–H groups in total. The first-order chi connectivity index (χ1) is 16.0. The van der Waals surface area contributed by atoms with Crippen molar-refractivity contribution in [1.82, 2.24) is 24.7 Å². The maximum absolute atomic E-state index is 13.2. The molecule has 0 aliphatic carbocycles. The van der Waals surface area contributed by atoms with Crippen LogP contribution < -0.4 is 10.5 Å². The van der Waals surface area contributed by atoms with Crippen molar-refractivity contribution in [3.8, 4) is 28.5 Å². The molecule has 0 fully saturated rings. The molecule has 9 heteroatoms.